The molecular formula is C22H23F3N4O4S. The molecular weight excluding hydrogens is 473 g/mol. The van der Waals surface area contributed by atoms with Gasteiger partial charge in [0.15, 0.2) is 0 Å². The number of aromatic nitrogens is 2. The molecule has 0 radical (unpaired) electrons. The van der Waals surface area contributed by atoms with Crippen molar-refractivity contribution in [2.24, 2.45) is 0 Å². The molecule has 1 fully saturated rings. The third-order valence-corrected chi connectivity index (χ3v) is 7.51. The largest absolute Gasteiger partial charge is 0.495 e. The summed E-state index contributed by atoms with van der Waals surface area (Å²) in [6.45, 7) is 0.457. The van der Waals surface area contributed by atoms with Crippen molar-refractivity contribution in [3.8, 4) is 5.75 Å². The van der Waals surface area contributed by atoms with E-state index in [9.17, 15) is 26.4 Å². The second-order valence-electron chi connectivity index (χ2n) is 7.84. The summed E-state index contributed by atoms with van der Waals surface area (Å²) >= 11 is 0. The van der Waals surface area contributed by atoms with E-state index in [0.29, 0.717) is 24.5 Å². The predicted octanol–water partition coefficient (Wildman–Crippen LogP) is 3.88. The number of hydrogen-bond donors (Lipinski definition) is 1. The third kappa shape index (κ3) is 4.73. The van der Waals surface area contributed by atoms with Crippen LogP contribution in [0.2, 0.25) is 0 Å². The van der Waals surface area contributed by atoms with E-state index in [4.69, 9.17) is 4.74 Å². The van der Waals surface area contributed by atoms with Crippen molar-refractivity contribution in [2.75, 3.05) is 25.5 Å². The molecule has 34 heavy (non-hydrogen) atoms. The minimum Gasteiger partial charge on any atom is -0.495 e. The van der Waals surface area contributed by atoms with Gasteiger partial charge in [0.25, 0.3) is 0 Å². The molecule has 182 valence electrons. The molecule has 0 bridgehead atoms. The lowest BCUT2D eigenvalue weighted by molar-refractivity contribution is -0.147. The quantitative estimate of drug-likeness (QED) is 0.536. The first kappa shape index (κ1) is 24.0. The molecule has 3 aromatic rings. The summed E-state index contributed by atoms with van der Waals surface area (Å²) in [5.41, 5.74) is 0.397. The molecule has 4 rings (SSSR count). The second kappa shape index (κ2) is 9.26. The Morgan fingerprint density at radius 3 is 2.53 bits per heavy atom. The van der Waals surface area contributed by atoms with E-state index in [1.165, 1.54) is 23.5 Å². The summed E-state index contributed by atoms with van der Waals surface area (Å²) in [7, 11) is -2.37. The van der Waals surface area contributed by atoms with E-state index >= 15 is 0 Å². The van der Waals surface area contributed by atoms with Gasteiger partial charge >= 0.3 is 6.18 Å². The Kier molecular flexibility index (Phi) is 6.54. The van der Waals surface area contributed by atoms with Crippen molar-refractivity contribution in [3.05, 3.63) is 48.3 Å². The molecule has 8 nitrogen and oxygen atoms in total. The number of rotatable bonds is 7. The van der Waals surface area contributed by atoms with Gasteiger partial charge in [0.05, 0.1) is 28.7 Å². The molecule has 1 amide bonds. The number of methoxy groups -OCH3 is 1. The molecule has 0 atom stereocenters. The van der Waals surface area contributed by atoms with Crippen molar-refractivity contribution >= 4 is 32.7 Å². The monoisotopic (exact) mass is 496 g/mol. The zero-order valence-electron chi connectivity index (χ0n) is 18.3. The molecule has 1 saturated heterocycles. The van der Waals surface area contributed by atoms with Crippen LogP contribution in [0.25, 0.3) is 11.0 Å². The van der Waals surface area contributed by atoms with Crippen LogP contribution in [-0.2, 0) is 27.5 Å². The summed E-state index contributed by atoms with van der Waals surface area (Å²) in [6.07, 6.45) is -3.57. The lowest BCUT2D eigenvalue weighted by Gasteiger charge is -2.15. The lowest BCUT2D eigenvalue weighted by Crippen LogP contribution is -2.27. The van der Waals surface area contributed by atoms with Gasteiger partial charge in [0.2, 0.25) is 21.8 Å². The predicted molar refractivity (Wildman–Crippen MR) is 119 cm³/mol. The average molecular weight is 497 g/mol. The van der Waals surface area contributed by atoms with E-state index in [1.807, 2.05) is 0 Å². The Bertz CT molecular complexity index is 1320. The number of para-hydroxylation sites is 2. The molecule has 0 aliphatic carbocycles. The number of nitrogens with zero attached hydrogens (tertiary/aromatic N) is 3. The van der Waals surface area contributed by atoms with Gasteiger partial charge < -0.3 is 14.6 Å². The van der Waals surface area contributed by atoms with Crippen molar-refractivity contribution in [2.45, 2.75) is 36.9 Å². The number of hydrogen-bond acceptors (Lipinski definition) is 5. The van der Waals surface area contributed by atoms with Gasteiger partial charge in [-0.1, -0.05) is 12.1 Å². The molecule has 1 aliphatic rings. The van der Waals surface area contributed by atoms with Crippen LogP contribution in [0, 0.1) is 0 Å². The summed E-state index contributed by atoms with van der Waals surface area (Å²) in [5.74, 6) is -1.28. The Morgan fingerprint density at radius 2 is 1.85 bits per heavy atom. The first-order valence-corrected chi connectivity index (χ1v) is 12.1. The van der Waals surface area contributed by atoms with E-state index in [1.54, 1.807) is 24.3 Å². The van der Waals surface area contributed by atoms with Crippen LogP contribution >= 0.6 is 0 Å². The van der Waals surface area contributed by atoms with Crippen LogP contribution in [0.15, 0.2) is 47.4 Å². The van der Waals surface area contributed by atoms with Crippen LogP contribution in [0.3, 0.4) is 0 Å². The van der Waals surface area contributed by atoms with Crippen molar-refractivity contribution in [3.63, 3.8) is 0 Å². The van der Waals surface area contributed by atoms with Crippen LogP contribution in [0.1, 0.15) is 25.1 Å². The first-order valence-electron chi connectivity index (χ1n) is 10.6. The Labute approximate surface area is 194 Å². The zero-order valence-corrected chi connectivity index (χ0v) is 19.1. The molecule has 0 spiro atoms. The number of nitrogens with one attached hydrogen (secondary N) is 1. The average Bonchev–Trinajstić information content (AvgIpc) is 3.46. The van der Waals surface area contributed by atoms with Gasteiger partial charge in [-0.3, -0.25) is 4.79 Å². The lowest BCUT2D eigenvalue weighted by atomic mass is 10.2. The van der Waals surface area contributed by atoms with Crippen LogP contribution in [0.5, 0.6) is 5.75 Å². The number of sulfonamides is 1. The Hall–Kier alpha value is -3.12. The molecule has 2 aromatic carbocycles. The van der Waals surface area contributed by atoms with E-state index in [-0.39, 0.29) is 28.9 Å². The van der Waals surface area contributed by atoms with Crippen molar-refractivity contribution < 1.29 is 31.1 Å². The van der Waals surface area contributed by atoms with Crippen molar-refractivity contribution in [1.29, 1.82) is 0 Å². The van der Waals surface area contributed by atoms with Crippen LogP contribution in [0.4, 0.5) is 18.9 Å². The van der Waals surface area contributed by atoms with Gasteiger partial charge in [-0.15, -0.1) is 0 Å². The summed E-state index contributed by atoms with van der Waals surface area (Å²) in [6, 6.07) is 10.4. The second-order valence-corrected chi connectivity index (χ2v) is 9.78. The van der Waals surface area contributed by atoms with Gasteiger partial charge in [0.1, 0.15) is 5.75 Å². The summed E-state index contributed by atoms with van der Waals surface area (Å²) in [4.78, 5) is 16.0. The summed E-state index contributed by atoms with van der Waals surface area (Å²) < 4.78 is 74.1. The van der Waals surface area contributed by atoms with Crippen LogP contribution < -0.4 is 10.1 Å². The topological polar surface area (TPSA) is 93.5 Å². The van der Waals surface area contributed by atoms with E-state index in [0.717, 1.165) is 23.5 Å². The smallest absolute Gasteiger partial charge is 0.449 e. The highest BCUT2D eigenvalue weighted by atomic mass is 32.2. The minimum atomic E-state index is -4.79. The number of benzene rings is 2. The summed E-state index contributed by atoms with van der Waals surface area (Å²) in [5, 5.41) is 2.63. The fourth-order valence-corrected chi connectivity index (χ4v) is 5.50. The Balaban J connectivity index is 1.61. The third-order valence-electron chi connectivity index (χ3n) is 5.62. The minimum absolute atomic E-state index is 0.0952. The molecule has 1 aliphatic heterocycles. The maximum atomic E-state index is 13.7. The molecule has 1 N–H and O–H groups in total. The number of halogens is 3. The molecule has 0 unspecified atom stereocenters. The van der Waals surface area contributed by atoms with Crippen LogP contribution in [-0.4, -0.2) is 48.4 Å². The maximum Gasteiger partial charge on any atom is 0.449 e. The molecule has 0 saturated carbocycles. The van der Waals surface area contributed by atoms with E-state index < -0.39 is 27.9 Å². The number of amides is 1. The van der Waals surface area contributed by atoms with Crippen molar-refractivity contribution in [1.82, 2.24) is 13.9 Å². The number of anilines is 1. The number of carbonyl (C=O) groups excluding carboxylic acids is 1. The van der Waals surface area contributed by atoms with Gasteiger partial charge in [0, 0.05) is 26.1 Å². The highest BCUT2D eigenvalue weighted by molar-refractivity contribution is 7.89. The fraction of sp³-hybridized carbons (Fsp3) is 0.364. The number of aryl methyl sites for hydroxylation is 1. The normalized spacial score (nSPS) is 15.1. The SMILES string of the molecule is COc1ccccc1NC(=O)CCn1c(C(F)(F)F)nc2cc(S(=O)(=O)N3CCCC3)ccc21. The molecule has 1 aromatic heterocycles. The number of ether oxygens (including phenoxy) is 1. The van der Waals surface area contributed by atoms with Gasteiger partial charge in [-0.2, -0.15) is 17.5 Å². The first-order chi connectivity index (χ1) is 16.1. The standard InChI is InChI=1S/C22H23F3N4O4S/c1-33-19-7-3-2-6-16(19)26-20(30)10-13-29-18-9-8-15(34(31,32)28-11-4-5-12-28)14-17(18)27-21(29)22(23,24)25/h2-3,6-9,14H,4-5,10-13H2,1H3,(H,26,30). The molecule has 2 heterocycles. The molecule has 12 heteroatoms. The fourth-order valence-electron chi connectivity index (χ4n) is 3.96. The van der Waals surface area contributed by atoms with Gasteiger partial charge in [-0.05, 0) is 43.2 Å². The number of alkyl halides is 3. The number of fused-ring (bicyclic) bond motifs is 1. The number of imidazole rings is 1. The Morgan fingerprint density at radius 1 is 1.15 bits per heavy atom. The van der Waals surface area contributed by atoms with E-state index in [2.05, 4.69) is 10.3 Å². The maximum absolute atomic E-state index is 13.7. The van der Waals surface area contributed by atoms with Gasteiger partial charge in [-0.25, -0.2) is 13.4 Å². The highest BCUT2D eigenvalue weighted by Gasteiger charge is 2.38. The zero-order chi connectivity index (χ0) is 24.5. The highest BCUT2D eigenvalue weighted by Crippen LogP contribution is 2.33. The number of carbonyl (C=O) groups is 1.